The van der Waals surface area contributed by atoms with Crippen LogP contribution in [0.4, 0.5) is 8.78 Å². The van der Waals surface area contributed by atoms with Crippen molar-refractivity contribution < 1.29 is 27.8 Å². The largest absolute Gasteiger partial charge is 0.346 e. The Morgan fingerprint density at radius 1 is 1.10 bits per heavy atom. The summed E-state index contributed by atoms with van der Waals surface area (Å²) in [5.41, 5.74) is -0.0657. The molecule has 1 rings (SSSR count). The highest BCUT2D eigenvalue weighted by molar-refractivity contribution is 6.08. The summed E-state index contributed by atoms with van der Waals surface area (Å²) >= 11 is 0. The van der Waals surface area contributed by atoms with E-state index in [1.54, 1.807) is 13.8 Å². The van der Waals surface area contributed by atoms with E-state index < -0.39 is 35.9 Å². The molecule has 0 bridgehead atoms. The van der Waals surface area contributed by atoms with Crippen LogP contribution >= 0.6 is 0 Å². The van der Waals surface area contributed by atoms with E-state index in [-0.39, 0.29) is 18.8 Å². The summed E-state index contributed by atoms with van der Waals surface area (Å²) in [6.07, 6.45) is -1.60. The van der Waals surface area contributed by atoms with Crippen molar-refractivity contribution in [3.05, 3.63) is 35.4 Å². The second kappa shape index (κ2) is 7.81. The normalized spacial score (nSPS) is 10.8. The number of hydrogen-bond acceptors (Lipinski definition) is 4. The Hall–Kier alpha value is -1.66. The zero-order valence-electron chi connectivity index (χ0n) is 11.3. The van der Waals surface area contributed by atoms with Crippen molar-refractivity contribution in [1.29, 1.82) is 0 Å². The molecule has 0 aliphatic rings. The molecule has 0 radical (unpaired) electrons. The van der Waals surface area contributed by atoms with E-state index in [9.17, 15) is 18.4 Å². The molecule has 0 saturated heterocycles. The molecule has 0 atom stereocenters. The topological polar surface area (TPSA) is 52.6 Å². The van der Waals surface area contributed by atoms with Crippen LogP contribution in [0.25, 0.3) is 0 Å². The van der Waals surface area contributed by atoms with Crippen LogP contribution in [0.5, 0.6) is 0 Å². The summed E-state index contributed by atoms with van der Waals surface area (Å²) in [4.78, 5) is 23.6. The molecule has 0 fully saturated rings. The third kappa shape index (κ3) is 4.47. The first-order valence-electron chi connectivity index (χ1n) is 6.23. The van der Waals surface area contributed by atoms with E-state index in [4.69, 9.17) is 9.47 Å². The number of benzene rings is 1. The Kier molecular flexibility index (Phi) is 6.41. The molecule has 0 spiro atoms. The first kappa shape index (κ1) is 16.4. The minimum Gasteiger partial charge on any atom is -0.346 e. The highest BCUT2D eigenvalue weighted by atomic mass is 19.2. The predicted octanol–water partition coefficient (Wildman–Crippen LogP) is 2.51. The molecule has 110 valence electrons. The number of rotatable bonds is 8. The Morgan fingerprint density at radius 3 is 2.20 bits per heavy atom. The summed E-state index contributed by atoms with van der Waals surface area (Å²) in [7, 11) is 0. The van der Waals surface area contributed by atoms with E-state index in [1.807, 2.05) is 0 Å². The fourth-order valence-electron chi connectivity index (χ4n) is 1.55. The van der Waals surface area contributed by atoms with Gasteiger partial charge in [0.15, 0.2) is 23.2 Å². The third-order valence-electron chi connectivity index (χ3n) is 2.48. The molecule has 0 aliphatic carbocycles. The molecule has 6 heteroatoms. The minimum absolute atomic E-state index is 0.0657. The Balaban J connectivity index is 2.73. The minimum atomic E-state index is -1.13. The standard InChI is InChI=1S/C14H16F2O4/c1-3-19-14(20-4-2)13(18)8-12(17)9-5-6-10(15)11(16)7-9/h5-7,14H,3-4,8H2,1-2H3. The summed E-state index contributed by atoms with van der Waals surface area (Å²) in [6, 6.07) is 2.74. The van der Waals surface area contributed by atoms with Gasteiger partial charge in [-0.3, -0.25) is 9.59 Å². The maximum absolute atomic E-state index is 13.0. The van der Waals surface area contributed by atoms with Gasteiger partial charge in [-0.1, -0.05) is 0 Å². The highest BCUT2D eigenvalue weighted by Crippen LogP contribution is 2.12. The predicted molar refractivity (Wildman–Crippen MR) is 67.4 cm³/mol. The molecule has 1 aromatic carbocycles. The maximum atomic E-state index is 13.0. The van der Waals surface area contributed by atoms with Crippen molar-refractivity contribution in [2.75, 3.05) is 13.2 Å². The molecule has 0 heterocycles. The van der Waals surface area contributed by atoms with Gasteiger partial charge in [0.2, 0.25) is 6.29 Å². The quantitative estimate of drug-likeness (QED) is 0.418. The van der Waals surface area contributed by atoms with Crippen LogP contribution in [0.15, 0.2) is 18.2 Å². The van der Waals surface area contributed by atoms with Crippen LogP contribution in [-0.4, -0.2) is 31.1 Å². The lowest BCUT2D eigenvalue weighted by atomic mass is 10.1. The molecule has 20 heavy (non-hydrogen) atoms. The molecule has 0 N–H and O–H groups in total. The van der Waals surface area contributed by atoms with Gasteiger partial charge in [-0.15, -0.1) is 0 Å². The number of ketones is 2. The lowest BCUT2D eigenvalue weighted by molar-refractivity contribution is -0.166. The van der Waals surface area contributed by atoms with Gasteiger partial charge in [-0.05, 0) is 32.0 Å². The van der Waals surface area contributed by atoms with Crippen LogP contribution in [-0.2, 0) is 14.3 Å². The van der Waals surface area contributed by atoms with E-state index in [1.165, 1.54) is 0 Å². The maximum Gasteiger partial charge on any atom is 0.218 e. The molecule has 0 aromatic heterocycles. The van der Waals surface area contributed by atoms with Gasteiger partial charge in [0.25, 0.3) is 0 Å². The molecular formula is C14H16F2O4. The average Bonchev–Trinajstić information content (AvgIpc) is 2.41. The Morgan fingerprint density at radius 2 is 1.70 bits per heavy atom. The van der Waals surface area contributed by atoms with Crippen LogP contribution < -0.4 is 0 Å². The Labute approximate surface area is 115 Å². The molecule has 1 aromatic rings. The van der Waals surface area contributed by atoms with Crippen molar-refractivity contribution in [1.82, 2.24) is 0 Å². The van der Waals surface area contributed by atoms with Gasteiger partial charge in [0.1, 0.15) is 0 Å². The second-order valence-corrected chi connectivity index (χ2v) is 3.94. The first-order valence-corrected chi connectivity index (χ1v) is 6.23. The monoisotopic (exact) mass is 286 g/mol. The van der Waals surface area contributed by atoms with Crippen molar-refractivity contribution in [3.8, 4) is 0 Å². The number of carbonyl (C=O) groups is 2. The van der Waals surface area contributed by atoms with Gasteiger partial charge in [0, 0.05) is 18.8 Å². The van der Waals surface area contributed by atoms with Gasteiger partial charge in [0.05, 0.1) is 6.42 Å². The van der Waals surface area contributed by atoms with Crippen LogP contribution in [0.1, 0.15) is 30.6 Å². The first-order chi connectivity index (χ1) is 9.49. The number of ether oxygens (including phenoxy) is 2. The lowest BCUT2D eigenvalue weighted by Crippen LogP contribution is -2.29. The van der Waals surface area contributed by atoms with Crippen LogP contribution in [0.3, 0.4) is 0 Å². The van der Waals surface area contributed by atoms with Crippen molar-refractivity contribution in [3.63, 3.8) is 0 Å². The second-order valence-electron chi connectivity index (χ2n) is 3.94. The molecule has 0 aliphatic heterocycles. The van der Waals surface area contributed by atoms with Gasteiger partial charge in [-0.25, -0.2) is 8.78 Å². The summed E-state index contributed by atoms with van der Waals surface area (Å²) < 4.78 is 35.9. The average molecular weight is 286 g/mol. The summed E-state index contributed by atoms with van der Waals surface area (Å²) in [5, 5.41) is 0. The number of Topliss-reactive ketones (excluding diaryl/α,β-unsaturated/α-hetero) is 2. The van der Waals surface area contributed by atoms with Gasteiger partial charge >= 0.3 is 0 Å². The van der Waals surface area contributed by atoms with E-state index >= 15 is 0 Å². The molecule has 0 amide bonds. The van der Waals surface area contributed by atoms with Crippen molar-refractivity contribution >= 4 is 11.6 Å². The van der Waals surface area contributed by atoms with E-state index in [2.05, 4.69) is 0 Å². The smallest absolute Gasteiger partial charge is 0.218 e. The molecular weight excluding hydrogens is 270 g/mol. The van der Waals surface area contributed by atoms with E-state index in [0.29, 0.717) is 0 Å². The highest BCUT2D eigenvalue weighted by Gasteiger charge is 2.22. The third-order valence-corrected chi connectivity index (χ3v) is 2.48. The van der Waals surface area contributed by atoms with Crippen molar-refractivity contribution in [2.45, 2.75) is 26.6 Å². The molecule has 0 saturated carbocycles. The number of halogens is 2. The fourth-order valence-corrected chi connectivity index (χ4v) is 1.55. The van der Waals surface area contributed by atoms with Gasteiger partial charge < -0.3 is 9.47 Å². The fraction of sp³-hybridized carbons (Fsp3) is 0.429. The van der Waals surface area contributed by atoms with Crippen LogP contribution in [0.2, 0.25) is 0 Å². The van der Waals surface area contributed by atoms with Gasteiger partial charge in [-0.2, -0.15) is 0 Å². The van der Waals surface area contributed by atoms with Crippen molar-refractivity contribution in [2.24, 2.45) is 0 Å². The lowest BCUT2D eigenvalue weighted by Gasteiger charge is -2.15. The zero-order valence-corrected chi connectivity index (χ0v) is 11.3. The number of hydrogen-bond donors (Lipinski definition) is 0. The summed E-state index contributed by atoms with van der Waals surface area (Å²) in [5.74, 6) is -3.34. The Bertz CT molecular complexity index is 482. The molecule has 4 nitrogen and oxygen atoms in total. The SMILES string of the molecule is CCOC(OCC)C(=O)CC(=O)c1ccc(F)c(F)c1. The summed E-state index contributed by atoms with van der Waals surface area (Å²) in [6.45, 7) is 3.90. The van der Waals surface area contributed by atoms with Crippen LogP contribution in [0, 0.1) is 11.6 Å². The number of carbonyl (C=O) groups excluding carboxylic acids is 2. The van der Waals surface area contributed by atoms with E-state index in [0.717, 1.165) is 18.2 Å². The zero-order chi connectivity index (χ0) is 15.1. The molecule has 0 unspecified atom stereocenters.